The van der Waals surface area contributed by atoms with Crippen LogP contribution in [0.1, 0.15) is 16.1 Å². The lowest BCUT2D eigenvalue weighted by molar-refractivity contribution is 0.102. The molecule has 140 valence electrons. The molecule has 0 fully saturated rings. The normalized spacial score (nSPS) is 11.4. The molecular weight excluding hydrogens is 395 g/mol. The number of aryl methyl sites for hydroxylation is 1. The van der Waals surface area contributed by atoms with Crippen molar-refractivity contribution in [1.29, 1.82) is 0 Å². The third-order valence-corrected chi connectivity index (χ3v) is 5.27. The molecule has 0 spiro atoms. The number of nitrogens with zero attached hydrogens (tertiary/aromatic N) is 1. The lowest BCUT2D eigenvalue weighted by Gasteiger charge is -2.08. The Hall–Kier alpha value is -2.71. The molecule has 0 aliphatic heterocycles. The van der Waals surface area contributed by atoms with E-state index in [1.807, 2.05) is 0 Å². The van der Waals surface area contributed by atoms with Crippen molar-refractivity contribution in [2.75, 3.05) is 11.6 Å². The number of anilines is 1. The number of hydrogen-bond donors (Lipinski definition) is 1. The fourth-order valence-electron chi connectivity index (χ4n) is 2.51. The maximum Gasteiger partial charge on any atom is 0.261 e. The molecule has 3 rings (SSSR count). The van der Waals surface area contributed by atoms with Crippen LogP contribution in [0.4, 0.5) is 10.1 Å². The van der Waals surface area contributed by atoms with E-state index in [0.717, 1.165) is 6.26 Å². The topological polar surface area (TPSA) is 89.3 Å². The molecule has 3 aromatic rings. The predicted octanol–water partition coefficient (Wildman–Crippen LogP) is 4.10. The number of amides is 1. The van der Waals surface area contributed by atoms with E-state index in [-0.39, 0.29) is 32.5 Å². The first-order valence-electron chi connectivity index (χ1n) is 7.70. The van der Waals surface area contributed by atoms with E-state index in [4.69, 9.17) is 16.1 Å². The molecule has 0 bridgehead atoms. The average molecular weight is 409 g/mol. The lowest BCUT2D eigenvalue weighted by atomic mass is 10.0. The fraction of sp³-hybridized carbons (Fsp3) is 0.111. The molecule has 1 N–H and O–H groups in total. The molecule has 27 heavy (non-hydrogen) atoms. The van der Waals surface area contributed by atoms with Crippen LogP contribution in [0.2, 0.25) is 5.02 Å². The Labute approximate surface area is 159 Å². The van der Waals surface area contributed by atoms with Gasteiger partial charge < -0.3 is 9.84 Å². The van der Waals surface area contributed by atoms with Gasteiger partial charge in [-0.05, 0) is 43.3 Å². The second-order valence-electron chi connectivity index (χ2n) is 5.81. The van der Waals surface area contributed by atoms with E-state index in [1.54, 1.807) is 0 Å². The van der Waals surface area contributed by atoms with Gasteiger partial charge in [0.15, 0.2) is 9.84 Å². The van der Waals surface area contributed by atoms with Crippen LogP contribution in [-0.4, -0.2) is 25.7 Å². The summed E-state index contributed by atoms with van der Waals surface area (Å²) in [6, 6.07) is 9.78. The van der Waals surface area contributed by atoms with Gasteiger partial charge in [0.25, 0.3) is 5.91 Å². The second-order valence-corrected chi connectivity index (χ2v) is 8.23. The summed E-state index contributed by atoms with van der Waals surface area (Å²) in [5.41, 5.74) is 0.349. The van der Waals surface area contributed by atoms with E-state index in [0.29, 0.717) is 5.69 Å². The second kappa shape index (κ2) is 7.13. The molecule has 0 unspecified atom stereocenters. The van der Waals surface area contributed by atoms with E-state index in [2.05, 4.69) is 10.5 Å². The molecule has 0 aliphatic rings. The number of carbonyl (C=O) groups is 1. The minimum Gasteiger partial charge on any atom is -0.360 e. The van der Waals surface area contributed by atoms with Crippen LogP contribution in [0.25, 0.3) is 11.3 Å². The van der Waals surface area contributed by atoms with Gasteiger partial charge in [0, 0.05) is 11.9 Å². The molecule has 0 atom stereocenters. The van der Waals surface area contributed by atoms with Gasteiger partial charge in [-0.2, -0.15) is 0 Å². The van der Waals surface area contributed by atoms with Gasteiger partial charge in [0.05, 0.1) is 15.5 Å². The highest BCUT2D eigenvalue weighted by Crippen LogP contribution is 2.33. The number of sulfone groups is 1. The van der Waals surface area contributed by atoms with Crippen LogP contribution in [0.3, 0.4) is 0 Å². The number of rotatable bonds is 4. The van der Waals surface area contributed by atoms with Crippen molar-refractivity contribution in [3.63, 3.8) is 0 Å². The van der Waals surface area contributed by atoms with Crippen LogP contribution in [0.5, 0.6) is 0 Å². The highest BCUT2D eigenvalue weighted by molar-refractivity contribution is 7.90. The Morgan fingerprint density at radius 3 is 2.44 bits per heavy atom. The first-order chi connectivity index (χ1) is 12.7. The quantitative estimate of drug-likeness (QED) is 0.702. The third-order valence-electron chi connectivity index (χ3n) is 3.83. The number of halogens is 2. The first kappa shape index (κ1) is 19.1. The molecule has 0 saturated heterocycles. The number of hydrogen-bond acceptors (Lipinski definition) is 5. The first-order valence-corrected chi connectivity index (χ1v) is 9.97. The van der Waals surface area contributed by atoms with Crippen molar-refractivity contribution in [1.82, 2.24) is 5.16 Å². The maximum atomic E-state index is 14.2. The summed E-state index contributed by atoms with van der Waals surface area (Å²) in [5.74, 6) is -1.04. The number of carbonyl (C=O) groups excluding carboxylic acids is 1. The van der Waals surface area contributed by atoms with E-state index in [9.17, 15) is 17.6 Å². The van der Waals surface area contributed by atoms with Crippen molar-refractivity contribution in [3.8, 4) is 11.3 Å². The Morgan fingerprint density at radius 2 is 1.85 bits per heavy atom. The van der Waals surface area contributed by atoms with E-state index in [1.165, 1.54) is 49.4 Å². The van der Waals surface area contributed by atoms with Crippen molar-refractivity contribution in [2.45, 2.75) is 11.8 Å². The summed E-state index contributed by atoms with van der Waals surface area (Å²) in [7, 11) is -3.34. The average Bonchev–Trinajstić information content (AvgIpc) is 2.96. The highest BCUT2D eigenvalue weighted by atomic mass is 35.5. The van der Waals surface area contributed by atoms with Gasteiger partial charge in [-0.25, -0.2) is 12.8 Å². The van der Waals surface area contributed by atoms with Gasteiger partial charge in [-0.3, -0.25) is 4.79 Å². The van der Waals surface area contributed by atoms with Gasteiger partial charge >= 0.3 is 0 Å². The van der Waals surface area contributed by atoms with E-state index < -0.39 is 21.6 Å². The summed E-state index contributed by atoms with van der Waals surface area (Å²) in [6.45, 7) is 1.52. The van der Waals surface area contributed by atoms with Gasteiger partial charge in [-0.15, -0.1) is 0 Å². The molecule has 0 radical (unpaired) electrons. The monoisotopic (exact) mass is 408 g/mol. The summed E-state index contributed by atoms with van der Waals surface area (Å²) in [5, 5.41) is 6.48. The van der Waals surface area contributed by atoms with Crippen molar-refractivity contribution in [2.24, 2.45) is 0 Å². The predicted molar refractivity (Wildman–Crippen MR) is 99.1 cm³/mol. The van der Waals surface area contributed by atoms with Crippen molar-refractivity contribution < 1.29 is 22.1 Å². The smallest absolute Gasteiger partial charge is 0.261 e. The SMILES string of the molecule is Cc1onc(-c2c(F)cccc2Cl)c1C(=O)Nc1ccc(S(C)(=O)=O)cc1. The van der Waals surface area contributed by atoms with E-state index >= 15 is 0 Å². The zero-order chi connectivity index (χ0) is 19.8. The van der Waals surface area contributed by atoms with Crippen LogP contribution < -0.4 is 5.32 Å². The molecular formula is C18H14ClFN2O4S. The standard InChI is InChI=1S/C18H14ClFN2O4S/c1-10-15(17(22-26-10)16-13(19)4-3-5-14(16)20)18(23)21-11-6-8-12(9-7-11)27(2,24)25/h3-9H,1-2H3,(H,21,23). The molecule has 1 amide bonds. The lowest BCUT2D eigenvalue weighted by Crippen LogP contribution is -2.14. The number of nitrogens with one attached hydrogen (secondary N) is 1. The summed E-state index contributed by atoms with van der Waals surface area (Å²) < 4.78 is 42.3. The number of benzene rings is 2. The summed E-state index contributed by atoms with van der Waals surface area (Å²) in [6.07, 6.45) is 1.09. The largest absolute Gasteiger partial charge is 0.360 e. The Morgan fingerprint density at radius 1 is 1.19 bits per heavy atom. The minimum absolute atomic E-state index is 0.0131. The van der Waals surface area contributed by atoms with Crippen LogP contribution in [-0.2, 0) is 9.84 Å². The van der Waals surface area contributed by atoms with Crippen LogP contribution in [0, 0.1) is 12.7 Å². The molecule has 1 heterocycles. The Bertz CT molecular complexity index is 1100. The van der Waals surface area contributed by atoms with Crippen LogP contribution in [0.15, 0.2) is 51.9 Å². The molecule has 6 nitrogen and oxygen atoms in total. The Balaban J connectivity index is 1.96. The zero-order valence-corrected chi connectivity index (χ0v) is 15.9. The molecule has 0 saturated carbocycles. The Kier molecular flexibility index (Phi) is 5.03. The van der Waals surface area contributed by atoms with Crippen molar-refractivity contribution in [3.05, 3.63) is 64.6 Å². The molecule has 0 aliphatic carbocycles. The highest BCUT2D eigenvalue weighted by Gasteiger charge is 2.25. The van der Waals surface area contributed by atoms with Gasteiger partial charge in [0.1, 0.15) is 22.8 Å². The fourth-order valence-corrected chi connectivity index (χ4v) is 3.40. The van der Waals surface area contributed by atoms with Gasteiger partial charge in [0.2, 0.25) is 0 Å². The summed E-state index contributed by atoms with van der Waals surface area (Å²) >= 11 is 6.06. The van der Waals surface area contributed by atoms with Gasteiger partial charge in [-0.1, -0.05) is 22.8 Å². The summed E-state index contributed by atoms with van der Waals surface area (Å²) in [4.78, 5) is 12.8. The third kappa shape index (κ3) is 3.86. The minimum atomic E-state index is -3.34. The van der Waals surface area contributed by atoms with Crippen LogP contribution >= 0.6 is 11.6 Å². The van der Waals surface area contributed by atoms with Crippen molar-refractivity contribution >= 4 is 33.0 Å². The molecule has 2 aromatic carbocycles. The molecule has 9 heteroatoms. The number of aromatic nitrogens is 1. The molecule has 1 aromatic heterocycles. The zero-order valence-electron chi connectivity index (χ0n) is 14.3. The maximum absolute atomic E-state index is 14.2.